The minimum atomic E-state index is -1.95. The Bertz CT molecular complexity index is 1070. The van der Waals surface area contributed by atoms with Crippen molar-refractivity contribution in [3.8, 4) is 5.88 Å². The van der Waals surface area contributed by atoms with Gasteiger partial charge in [0.25, 0.3) is 0 Å². The third-order valence-electron chi connectivity index (χ3n) is 7.31. The Labute approximate surface area is 221 Å². The van der Waals surface area contributed by atoms with E-state index < -0.39 is 37.3 Å². The summed E-state index contributed by atoms with van der Waals surface area (Å²) in [7, 11) is 0. The maximum absolute atomic E-state index is 14.3. The highest BCUT2D eigenvalue weighted by atomic mass is 19.1. The number of ether oxygens (including phenoxy) is 2. The van der Waals surface area contributed by atoms with Crippen LogP contribution in [0, 0.1) is 4.91 Å². The first-order chi connectivity index (χ1) is 18.3. The van der Waals surface area contributed by atoms with E-state index in [1.165, 1.54) is 0 Å². The summed E-state index contributed by atoms with van der Waals surface area (Å²) in [6.45, 7) is 5.07. The third kappa shape index (κ3) is 6.39. The molecule has 11 heteroatoms. The Morgan fingerprint density at radius 1 is 1.26 bits per heavy atom. The number of aryl methyl sites for hydroxylation is 1. The van der Waals surface area contributed by atoms with Crippen molar-refractivity contribution >= 4 is 5.91 Å². The molecule has 10 nitrogen and oxygen atoms in total. The number of alkyl halides is 1. The van der Waals surface area contributed by atoms with Gasteiger partial charge in [-0.25, -0.2) is 4.39 Å². The number of aliphatic hydroxyl groups excluding tert-OH is 2. The molecule has 0 bridgehead atoms. The van der Waals surface area contributed by atoms with E-state index in [0.717, 1.165) is 61.2 Å². The van der Waals surface area contributed by atoms with Crippen LogP contribution < -0.4 is 4.74 Å². The molecule has 0 aliphatic carbocycles. The van der Waals surface area contributed by atoms with Crippen molar-refractivity contribution in [3.05, 3.63) is 51.6 Å². The lowest BCUT2D eigenvalue weighted by molar-refractivity contribution is -0.236. The number of amides is 1. The van der Waals surface area contributed by atoms with Crippen LogP contribution in [0.3, 0.4) is 0 Å². The van der Waals surface area contributed by atoms with Crippen LogP contribution >= 0.6 is 0 Å². The largest absolute Gasteiger partial charge is 0.443 e. The molecule has 0 saturated carbocycles. The van der Waals surface area contributed by atoms with Gasteiger partial charge in [0.15, 0.2) is 12.2 Å². The van der Waals surface area contributed by atoms with Gasteiger partial charge in [-0.15, -0.1) is 5.10 Å². The maximum Gasteiger partial charge on any atom is 0.238 e. The van der Waals surface area contributed by atoms with Gasteiger partial charge in [-0.1, -0.05) is 43.3 Å². The second-order valence-corrected chi connectivity index (χ2v) is 10.4. The number of hydrogen-bond acceptors (Lipinski definition) is 8. The Morgan fingerprint density at radius 2 is 1.95 bits per heavy atom. The number of nitroso groups, excluding NO2 is 1. The SMILES string of the molecule is CC(C)c1[nH]nc(OC2OC(CO)C(F)C(N=O)C2O)c1Cc1ccc(CCCC(=O)N2CCCC2)cc1. The zero-order valence-electron chi connectivity index (χ0n) is 21.9. The van der Waals surface area contributed by atoms with Crippen LogP contribution in [-0.2, 0) is 22.4 Å². The average molecular weight is 533 g/mol. The first-order valence-electron chi connectivity index (χ1n) is 13.3. The summed E-state index contributed by atoms with van der Waals surface area (Å²) < 4.78 is 25.6. The van der Waals surface area contributed by atoms with Gasteiger partial charge < -0.3 is 24.6 Å². The number of nitrogens with zero attached hydrogens (tertiary/aromatic N) is 3. The molecular weight excluding hydrogens is 495 g/mol. The Morgan fingerprint density at radius 3 is 2.58 bits per heavy atom. The summed E-state index contributed by atoms with van der Waals surface area (Å²) >= 11 is 0. The summed E-state index contributed by atoms with van der Waals surface area (Å²) in [6.07, 6.45) is -1.52. The predicted octanol–water partition coefficient (Wildman–Crippen LogP) is 3.00. The third-order valence-corrected chi connectivity index (χ3v) is 7.31. The molecule has 4 rings (SSSR count). The fourth-order valence-corrected chi connectivity index (χ4v) is 5.07. The second-order valence-electron chi connectivity index (χ2n) is 10.4. The van der Waals surface area contributed by atoms with Gasteiger partial charge in [-0.2, -0.15) is 4.91 Å². The van der Waals surface area contributed by atoms with Crippen molar-refractivity contribution < 1.29 is 28.9 Å². The topological polar surface area (TPSA) is 137 Å². The summed E-state index contributed by atoms with van der Waals surface area (Å²) in [4.78, 5) is 25.4. The van der Waals surface area contributed by atoms with Crippen molar-refractivity contribution in [2.24, 2.45) is 5.18 Å². The highest BCUT2D eigenvalue weighted by molar-refractivity contribution is 5.76. The average Bonchev–Trinajstić information content (AvgIpc) is 3.58. The standard InChI is InChI=1S/C27H37FN4O6/c1-16(2)23-19(26(30-29-23)38-27-25(35)24(31-36)22(28)20(15-33)37-27)14-18-10-8-17(9-11-18)6-5-7-21(34)32-12-3-4-13-32/h8-11,16,20,22,24-25,27,33,35H,3-7,12-15H2,1-2H3,(H,29,30). The van der Waals surface area contributed by atoms with E-state index in [1.807, 2.05) is 43.0 Å². The smallest absolute Gasteiger partial charge is 0.238 e. The quantitative estimate of drug-likeness (QED) is 0.378. The van der Waals surface area contributed by atoms with Gasteiger partial charge in [-0.05, 0) is 42.7 Å². The number of rotatable bonds is 11. The molecule has 1 aromatic carbocycles. The van der Waals surface area contributed by atoms with Gasteiger partial charge in [0, 0.05) is 37.2 Å². The molecule has 208 valence electrons. The molecule has 0 spiro atoms. The number of benzene rings is 1. The Balaban J connectivity index is 1.42. The van der Waals surface area contributed by atoms with Crippen LogP contribution in [0.4, 0.5) is 4.39 Å². The highest BCUT2D eigenvalue weighted by Crippen LogP contribution is 2.32. The number of aliphatic hydroxyl groups is 2. The molecule has 2 fully saturated rings. The van der Waals surface area contributed by atoms with Gasteiger partial charge in [0.1, 0.15) is 12.2 Å². The molecule has 1 amide bonds. The predicted molar refractivity (Wildman–Crippen MR) is 138 cm³/mol. The van der Waals surface area contributed by atoms with Crippen LogP contribution in [-0.4, -0.2) is 81.6 Å². The number of nitrogens with one attached hydrogen (secondary N) is 1. The molecule has 2 aliphatic heterocycles. The zero-order valence-corrected chi connectivity index (χ0v) is 21.9. The van der Waals surface area contributed by atoms with E-state index in [2.05, 4.69) is 15.4 Å². The monoisotopic (exact) mass is 532 g/mol. The molecule has 5 unspecified atom stereocenters. The van der Waals surface area contributed by atoms with E-state index in [0.29, 0.717) is 12.8 Å². The minimum Gasteiger partial charge on any atom is -0.443 e. The molecule has 2 aromatic rings. The minimum absolute atomic E-state index is 0.0873. The number of hydrogen-bond donors (Lipinski definition) is 3. The van der Waals surface area contributed by atoms with Crippen molar-refractivity contribution in [2.45, 2.75) is 89.0 Å². The first kappa shape index (κ1) is 28.1. The van der Waals surface area contributed by atoms with Crippen molar-refractivity contribution in [2.75, 3.05) is 19.7 Å². The first-order valence-corrected chi connectivity index (χ1v) is 13.3. The molecule has 38 heavy (non-hydrogen) atoms. The summed E-state index contributed by atoms with van der Waals surface area (Å²) in [6, 6.07) is 6.51. The molecule has 3 N–H and O–H groups in total. The van der Waals surface area contributed by atoms with E-state index in [1.54, 1.807) is 0 Å². The fraction of sp³-hybridized carbons (Fsp3) is 0.630. The molecule has 5 atom stereocenters. The highest BCUT2D eigenvalue weighted by Gasteiger charge is 2.48. The number of aromatic amines is 1. The number of H-pyrrole nitrogens is 1. The molecule has 0 radical (unpaired) electrons. The van der Waals surface area contributed by atoms with Gasteiger partial charge in [-0.3, -0.25) is 9.89 Å². The Kier molecular flexibility index (Phi) is 9.45. The van der Waals surface area contributed by atoms with Crippen molar-refractivity contribution in [3.63, 3.8) is 0 Å². The number of halogens is 1. The maximum atomic E-state index is 14.3. The number of carbonyl (C=O) groups is 1. The van der Waals surface area contributed by atoms with Crippen molar-refractivity contribution in [1.29, 1.82) is 0 Å². The van der Waals surface area contributed by atoms with Gasteiger partial charge in [0.05, 0.1) is 6.61 Å². The van der Waals surface area contributed by atoms with Crippen LogP contribution in [0.1, 0.15) is 67.8 Å². The van der Waals surface area contributed by atoms with Gasteiger partial charge >= 0.3 is 0 Å². The second kappa shape index (κ2) is 12.8. The van der Waals surface area contributed by atoms with Crippen molar-refractivity contribution in [1.82, 2.24) is 15.1 Å². The summed E-state index contributed by atoms with van der Waals surface area (Å²) in [5.41, 5.74) is 3.74. The summed E-state index contributed by atoms with van der Waals surface area (Å²) in [5, 5.41) is 29.8. The zero-order chi connectivity index (χ0) is 27.2. The van der Waals surface area contributed by atoms with Crippen LogP contribution in [0.15, 0.2) is 29.4 Å². The number of aromatic nitrogens is 2. The number of likely N-dealkylation sites (tertiary alicyclic amines) is 1. The van der Waals surface area contributed by atoms with E-state index in [9.17, 15) is 24.3 Å². The number of carbonyl (C=O) groups excluding carboxylic acids is 1. The normalized spacial score (nSPS) is 25.6. The van der Waals surface area contributed by atoms with E-state index in [-0.39, 0.29) is 17.7 Å². The van der Waals surface area contributed by atoms with Gasteiger partial charge in [0.2, 0.25) is 18.1 Å². The molecular formula is C27H37FN4O6. The van der Waals surface area contributed by atoms with E-state index in [4.69, 9.17) is 9.47 Å². The van der Waals surface area contributed by atoms with Crippen LogP contribution in [0.25, 0.3) is 0 Å². The molecule has 2 aliphatic rings. The lowest BCUT2D eigenvalue weighted by atomic mass is 9.97. The molecule has 1 aromatic heterocycles. The summed E-state index contributed by atoms with van der Waals surface area (Å²) in [5.74, 6) is 0.493. The van der Waals surface area contributed by atoms with Crippen LogP contribution in [0.2, 0.25) is 0 Å². The fourth-order valence-electron chi connectivity index (χ4n) is 5.07. The molecule has 3 heterocycles. The van der Waals surface area contributed by atoms with E-state index >= 15 is 0 Å². The molecule has 2 saturated heterocycles. The lowest BCUT2D eigenvalue weighted by Gasteiger charge is -2.37. The lowest BCUT2D eigenvalue weighted by Crippen LogP contribution is -2.57. The van der Waals surface area contributed by atoms with Crippen LogP contribution in [0.5, 0.6) is 5.88 Å². The Hall–Kier alpha value is -2.89.